The Hall–Kier alpha value is -3.29. The molecule has 156 valence electrons. The third kappa shape index (κ3) is 6.10. The Kier molecular flexibility index (Phi) is 7.82. The molecule has 0 fully saturated rings. The van der Waals surface area contributed by atoms with Crippen LogP contribution in [0, 0.1) is 13.8 Å². The summed E-state index contributed by atoms with van der Waals surface area (Å²) in [5.74, 6) is 0.832. The Balaban J connectivity index is 2.01. The van der Waals surface area contributed by atoms with Gasteiger partial charge in [-0.15, -0.1) is 0 Å². The number of nitrogens with zero attached hydrogens (tertiary/aromatic N) is 1. The van der Waals surface area contributed by atoms with E-state index in [4.69, 9.17) is 18.7 Å². The third-order valence-corrected chi connectivity index (χ3v) is 4.17. The summed E-state index contributed by atoms with van der Waals surface area (Å²) in [6.45, 7) is 7.77. The van der Waals surface area contributed by atoms with Gasteiger partial charge in [-0.05, 0) is 51.5 Å². The van der Waals surface area contributed by atoms with Crippen molar-refractivity contribution < 1.29 is 28.3 Å². The average molecular weight is 402 g/mol. The van der Waals surface area contributed by atoms with E-state index >= 15 is 0 Å². The predicted molar refractivity (Wildman–Crippen MR) is 107 cm³/mol. The second-order valence-corrected chi connectivity index (χ2v) is 6.31. The lowest BCUT2D eigenvalue weighted by atomic mass is 10.2. The molecule has 1 heterocycles. The fourth-order valence-electron chi connectivity index (χ4n) is 2.51. The number of benzene rings is 1. The van der Waals surface area contributed by atoms with E-state index in [-0.39, 0.29) is 5.91 Å². The molecule has 0 spiro atoms. The number of likely N-dealkylation sites (N-methyl/N-ethyl adjacent to an activating group) is 1. The van der Waals surface area contributed by atoms with E-state index in [2.05, 4.69) is 10.5 Å². The Morgan fingerprint density at radius 2 is 2.03 bits per heavy atom. The number of esters is 1. The number of aryl methyl sites for hydroxylation is 2. The van der Waals surface area contributed by atoms with Gasteiger partial charge in [0, 0.05) is 12.6 Å². The van der Waals surface area contributed by atoms with Crippen molar-refractivity contribution >= 4 is 18.0 Å². The number of ether oxygens (including phenoxy) is 3. The summed E-state index contributed by atoms with van der Waals surface area (Å²) in [6, 6.07) is 5.27. The number of amides is 1. The van der Waals surface area contributed by atoms with E-state index in [1.54, 1.807) is 31.2 Å². The fourth-order valence-corrected chi connectivity index (χ4v) is 2.51. The van der Waals surface area contributed by atoms with Gasteiger partial charge in [0.25, 0.3) is 5.91 Å². The molecule has 0 aliphatic rings. The molecule has 1 aromatic carbocycles. The quantitative estimate of drug-likeness (QED) is 0.508. The molecule has 0 saturated heterocycles. The fraction of sp³-hybridized carbons (Fsp3) is 0.381. The molecule has 2 rings (SSSR count). The van der Waals surface area contributed by atoms with Crippen LogP contribution in [0.15, 0.2) is 28.8 Å². The number of carbonyl (C=O) groups excluding carboxylic acids is 2. The zero-order valence-electron chi connectivity index (χ0n) is 17.3. The van der Waals surface area contributed by atoms with Gasteiger partial charge in [-0.3, -0.25) is 4.79 Å². The topological polar surface area (TPSA) is 99.9 Å². The summed E-state index contributed by atoms with van der Waals surface area (Å²) in [4.78, 5) is 23.5. The number of carbonyl (C=O) groups is 2. The molecule has 0 bridgehead atoms. The highest BCUT2D eigenvalue weighted by molar-refractivity contribution is 5.90. The molecule has 0 unspecified atom stereocenters. The molecule has 0 aliphatic carbocycles. The number of rotatable bonds is 9. The van der Waals surface area contributed by atoms with Crippen LogP contribution in [-0.4, -0.2) is 36.8 Å². The first kappa shape index (κ1) is 22.0. The van der Waals surface area contributed by atoms with Crippen LogP contribution in [0.1, 0.15) is 36.4 Å². The summed E-state index contributed by atoms with van der Waals surface area (Å²) in [7, 11) is 1.54. The maximum absolute atomic E-state index is 11.9. The zero-order valence-corrected chi connectivity index (χ0v) is 17.3. The van der Waals surface area contributed by atoms with Gasteiger partial charge < -0.3 is 24.1 Å². The molecule has 0 aliphatic heterocycles. The molecule has 1 aromatic heterocycles. The Bertz CT molecular complexity index is 868. The van der Waals surface area contributed by atoms with Crippen molar-refractivity contribution in [3.8, 4) is 11.5 Å². The van der Waals surface area contributed by atoms with Gasteiger partial charge in [0.05, 0.1) is 18.4 Å². The van der Waals surface area contributed by atoms with Crippen LogP contribution in [0.25, 0.3) is 6.08 Å². The lowest BCUT2D eigenvalue weighted by Gasteiger charge is -2.12. The first-order valence-electron chi connectivity index (χ1n) is 9.24. The normalized spacial score (nSPS) is 11.9. The number of hydrogen-bond donors (Lipinski definition) is 1. The van der Waals surface area contributed by atoms with Gasteiger partial charge in [0.15, 0.2) is 17.6 Å². The zero-order chi connectivity index (χ0) is 21.4. The largest absolute Gasteiger partial charge is 0.493 e. The average Bonchev–Trinajstić information content (AvgIpc) is 3.02. The summed E-state index contributed by atoms with van der Waals surface area (Å²) in [5.41, 5.74) is 2.38. The van der Waals surface area contributed by atoms with Crippen molar-refractivity contribution in [2.24, 2.45) is 0 Å². The third-order valence-electron chi connectivity index (χ3n) is 4.17. The smallest absolute Gasteiger partial charge is 0.331 e. The minimum Gasteiger partial charge on any atom is -0.493 e. The lowest BCUT2D eigenvalue weighted by molar-refractivity contribution is -0.150. The van der Waals surface area contributed by atoms with Gasteiger partial charge in [0.2, 0.25) is 0 Å². The van der Waals surface area contributed by atoms with E-state index in [0.29, 0.717) is 36.0 Å². The second kappa shape index (κ2) is 10.3. The maximum atomic E-state index is 11.9. The van der Waals surface area contributed by atoms with Gasteiger partial charge in [-0.1, -0.05) is 11.2 Å². The molecule has 1 atom stereocenters. The number of methoxy groups -OCH3 is 1. The number of nitrogens with one attached hydrogen (secondary N) is 1. The predicted octanol–water partition coefficient (Wildman–Crippen LogP) is 2.96. The van der Waals surface area contributed by atoms with Crippen molar-refractivity contribution in [2.45, 2.75) is 40.4 Å². The van der Waals surface area contributed by atoms with E-state index in [0.717, 1.165) is 11.3 Å². The minimum atomic E-state index is -0.860. The molecule has 0 radical (unpaired) electrons. The molecular formula is C21H26N2O6. The van der Waals surface area contributed by atoms with Crippen molar-refractivity contribution in [1.82, 2.24) is 10.5 Å². The van der Waals surface area contributed by atoms with Crippen LogP contribution in [-0.2, 0) is 20.9 Å². The number of aromatic nitrogens is 1. The highest BCUT2D eigenvalue weighted by Crippen LogP contribution is 2.30. The molecule has 1 N–H and O–H groups in total. The maximum Gasteiger partial charge on any atom is 0.331 e. The van der Waals surface area contributed by atoms with Crippen molar-refractivity contribution in [3.05, 3.63) is 46.9 Å². The van der Waals surface area contributed by atoms with Crippen LogP contribution < -0.4 is 14.8 Å². The summed E-state index contributed by atoms with van der Waals surface area (Å²) in [6.07, 6.45) is 1.98. The van der Waals surface area contributed by atoms with Gasteiger partial charge in [-0.25, -0.2) is 4.79 Å². The van der Waals surface area contributed by atoms with Crippen LogP contribution in [0.2, 0.25) is 0 Å². The highest BCUT2D eigenvalue weighted by Gasteiger charge is 2.15. The van der Waals surface area contributed by atoms with Crippen LogP contribution in [0.5, 0.6) is 11.5 Å². The van der Waals surface area contributed by atoms with Crippen LogP contribution in [0.4, 0.5) is 0 Å². The standard InChI is InChI=1S/C21H26N2O6/c1-6-22-21(25)15(4)28-20(24)10-8-16-7-9-18(19(11-16)26-5)27-12-17-13(2)23-29-14(17)3/h7-11,15H,6,12H2,1-5H3,(H,22,25)/b10-8+/t15-/m1/s1. The molecule has 8 heteroatoms. The summed E-state index contributed by atoms with van der Waals surface area (Å²) >= 11 is 0. The SMILES string of the molecule is CCNC(=O)[C@@H](C)OC(=O)/C=C/c1ccc(OCc2c(C)noc2C)c(OC)c1. The van der Waals surface area contributed by atoms with E-state index in [1.165, 1.54) is 20.1 Å². The highest BCUT2D eigenvalue weighted by atomic mass is 16.5. The van der Waals surface area contributed by atoms with Crippen LogP contribution in [0.3, 0.4) is 0 Å². The van der Waals surface area contributed by atoms with Gasteiger partial charge in [0.1, 0.15) is 12.4 Å². The Morgan fingerprint density at radius 3 is 2.66 bits per heavy atom. The summed E-state index contributed by atoms with van der Waals surface area (Å²) in [5, 5.41) is 6.50. The number of hydrogen-bond acceptors (Lipinski definition) is 7. The lowest BCUT2D eigenvalue weighted by Crippen LogP contribution is -2.35. The van der Waals surface area contributed by atoms with Crippen molar-refractivity contribution in [2.75, 3.05) is 13.7 Å². The first-order chi connectivity index (χ1) is 13.8. The Morgan fingerprint density at radius 1 is 1.28 bits per heavy atom. The monoisotopic (exact) mass is 402 g/mol. The molecule has 0 saturated carbocycles. The first-order valence-corrected chi connectivity index (χ1v) is 9.24. The van der Waals surface area contributed by atoms with Gasteiger partial charge >= 0.3 is 5.97 Å². The van der Waals surface area contributed by atoms with E-state index < -0.39 is 12.1 Å². The van der Waals surface area contributed by atoms with E-state index in [9.17, 15) is 9.59 Å². The molecule has 2 aromatic rings. The second-order valence-electron chi connectivity index (χ2n) is 6.31. The molecule has 29 heavy (non-hydrogen) atoms. The van der Waals surface area contributed by atoms with Crippen molar-refractivity contribution in [1.29, 1.82) is 0 Å². The molecular weight excluding hydrogens is 376 g/mol. The van der Waals surface area contributed by atoms with E-state index in [1.807, 2.05) is 13.8 Å². The Labute approximate surface area is 169 Å². The van der Waals surface area contributed by atoms with Crippen molar-refractivity contribution in [3.63, 3.8) is 0 Å². The van der Waals surface area contributed by atoms with Crippen LogP contribution >= 0.6 is 0 Å². The molecule has 1 amide bonds. The summed E-state index contributed by atoms with van der Waals surface area (Å²) < 4.78 is 21.4. The minimum absolute atomic E-state index is 0.302. The van der Waals surface area contributed by atoms with Gasteiger partial charge in [-0.2, -0.15) is 0 Å². The molecule has 8 nitrogen and oxygen atoms in total.